The monoisotopic (exact) mass is 431 g/mol. The van der Waals surface area contributed by atoms with Crippen LogP contribution in [-0.4, -0.2) is 30.7 Å². The van der Waals surface area contributed by atoms with Gasteiger partial charge in [-0.1, -0.05) is 96.8 Å². The maximum Gasteiger partial charge on any atom is 0.0788 e. The molecule has 0 aromatic rings. The van der Waals surface area contributed by atoms with Crippen molar-refractivity contribution in [3.63, 3.8) is 0 Å². The summed E-state index contributed by atoms with van der Waals surface area (Å²) in [7, 11) is 0. The fraction of sp³-hybridized carbons (Fsp3) is 1.00. The lowest BCUT2D eigenvalue weighted by Gasteiger charge is -2.33. The number of hydrogen-bond donors (Lipinski definition) is 0. The zero-order chi connectivity index (χ0) is 18.1. The van der Waals surface area contributed by atoms with E-state index in [4.69, 9.17) is 0 Å². The van der Waals surface area contributed by atoms with E-state index in [-0.39, 0.29) is 17.0 Å². The van der Waals surface area contributed by atoms with Crippen LogP contribution in [0.5, 0.6) is 0 Å². The number of rotatable bonds is 18. The molecule has 1 heterocycles. The molecular formula is C24H50BrN. The third-order valence-electron chi connectivity index (χ3n) is 6.67. The molecule has 1 fully saturated rings. The van der Waals surface area contributed by atoms with Crippen molar-refractivity contribution in [2.75, 3.05) is 26.2 Å². The Morgan fingerprint density at radius 1 is 0.500 bits per heavy atom. The van der Waals surface area contributed by atoms with E-state index in [9.17, 15) is 0 Å². The van der Waals surface area contributed by atoms with Gasteiger partial charge < -0.3 is 21.5 Å². The average Bonchev–Trinajstić information content (AvgIpc) is 3.11. The van der Waals surface area contributed by atoms with Gasteiger partial charge >= 0.3 is 0 Å². The summed E-state index contributed by atoms with van der Waals surface area (Å²) in [4.78, 5) is 0. The third kappa shape index (κ3) is 13.6. The summed E-state index contributed by atoms with van der Waals surface area (Å²) in [5.74, 6) is 0. The molecule has 0 bridgehead atoms. The number of quaternary nitrogens is 1. The van der Waals surface area contributed by atoms with Crippen LogP contribution in [-0.2, 0) is 0 Å². The van der Waals surface area contributed by atoms with Gasteiger partial charge in [0.15, 0.2) is 0 Å². The first kappa shape index (κ1) is 26.4. The van der Waals surface area contributed by atoms with Crippen LogP contribution in [0.25, 0.3) is 0 Å². The van der Waals surface area contributed by atoms with Crippen LogP contribution < -0.4 is 17.0 Å². The van der Waals surface area contributed by atoms with Crippen LogP contribution in [0.3, 0.4) is 0 Å². The van der Waals surface area contributed by atoms with Crippen molar-refractivity contribution >= 4 is 0 Å². The minimum absolute atomic E-state index is 0. The molecule has 1 saturated heterocycles. The van der Waals surface area contributed by atoms with Crippen LogP contribution in [0.15, 0.2) is 0 Å². The van der Waals surface area contributed by atoms with Crippen LogP contribution >= 0.6 is 0 Å². The molecule has 1 rings (SSSR count). The minimum Gasteiger partial charge on any atom is -1.00 e. The van der Waals surface area contributed by atoms with Gasteiger partial charge in [0, 0.05) is 12.8 Å². The Labute approximate surface area is 177 Å². The highest BCUT2D eigenvalue weighted by molar-refractivity contribution is 4.55. The summed E-state index contributed by atoms with van der Waals surface area (Å²) in [5, 5.41) is 0. The van der Waals surface area contributed by atoms with Crippen molar-refractivity contribution in [2.24, 2.45) is 0 Å². The Hall–Kier alpha value is 0.440. The Kier molecular flexibility index (Phi) is 19.1. The second-order valence-electron chi connectivity index (χ2n) is 8.84. The fourth-order valence-electron chi connectivity index (χ4n) is 4.70. The fourth-order valence-corrected chi connectivity index (χ4v) is 4.70. The highest BCUT2D eigenvalue weighted by atomic mass is 79.9. The van der Waals surface area contributed by atoms with E-state index >= 15 is 0 Å². The molecule has 0 unspecified atom stereocenters. The normalized spacial score (nSPS) is 15.9. The van der Waals surface area contributed by atoms with E-state index in [2.05, 4.69) is 13.8 Å². The van der Waals surface area contributed by atoms with Crippen LogP contribution in [0.4, 0.5) is 0 Å². The van der Waals surface area contributed by atoms with E-state index in [0.29, 0.717) is 0 Å². The summed E-state index contributed by atoms with van der Waals surface area (Å²) in [5.41, 5.74) is 0. The molecule has 0 spiro atoms. The quantitative estimate of drug-likeness (QED) is 0.214. The van der Waals surface area contributed by atoms with Gasteiger partial charge in [0.25, 0.3) is 0 Å². The van der Waals surface area contributed by atoms with Crippen molar-refractivity contribution in [3.8, 4) is 0 Å². The molecule has 1 aliphatic heterocycles. The molecule has 0 amide bonds. The summed E-state index contributed by atoms with van der Waals surface area (Å²) in [6, 6.07) is 0. The molecule has 26 heavy (non-hydrogen) atoms. The largest absolute Gasteiger partial charge is 1.00 e. The van der Waals surface area contributed by atoms with E-state index < -0.39 is 0 Å². The number of likely N-dealkylation sites (tertiary alicyclic amines) is 1. The Balaban J connectivity index is 0.00000625. The standard InChI is InChI=1S/C24H50N.BrH/c1-3-5-6-7-8-9-10-11-12-13-14-15-16-17-18-19-22-25(4-2)23-20-21-24-25;/h3-24H2,1-2H3;1H/q+1;/p-1. The summed E-state index contributed by atoms with van der Waals surface area (Å²) in [6.07, 6.45) is 26.6. The molecule has 158 valence electrons. The van der Waals surface area contributed by atoms with Gasteiger partial charge in [0.1, 0.15) is 0 Å². The summed E-state index contributed by atoms with van der Waals surface area (Å²) >= 11 is 0. The van der Waals surface area contributed by atoms with E-state index in [0.717, 1.165) is 0 Å². The highest BCUT2D eigenvalue weighted by Crippen LogP contribution is 2.21. The lowest BCUT2D eigenvalue weighted by atomic mass is 10.0. The first-order valence-electron chi connectivity index (χ1n) is 12.2. The average molecular weight is 433 g/mol. The molecule has 0 saturated carbocycles. The smallest absolute Gasteiger partial charge is 0.0788 e. The first-order chi connectivity index (χ1) is 12.3. The van der Waals surface area contributed by atoms with Gasteiger partial charge in [0.05, 0.1) is 26.2 Å². The van der Waals surface area contributed by atoms with Gasteiger partial charge in [-0.2, -0.15) is 0 Å². The predicted molar refractivity (Wildman–Crippen MR) is 114 cm³/mol. The molecule has 0 N–H and O–H groups in total. The van der Waals surface area contributed by atoms with Gasteiger partial charge in [-0.25, -0.2) is 0 Å². The zero-order valence-electron chi connectivity index (χ0n) is 18.4. The number of hydrogen-bond acceptors (Lipinski definition) is 0. The molecule has 1 aliphatic rings. The SMILES string of the molecule is CCCCCCCCCCCCCCCCCC[N+]1(CC)CCCC1.[Br-]. The first-order valence-corrected chi connectivity index (χ1v) is 12.2. The van der Waals surface area contributed by atoms with Crippen molar-refractivity contribution in [3.05, 3.63) is 0 Å². The molecule has 2 heteroatoms. The van der Waals surface area contributed by atoms with Crippen molar-refractivity contribution in [1.29, 1.82) is 0 Å². The van der Waals surface area contributed by atoms with Crippen LogP contribution in [0, 0.1) is 0 Å². The molecule has 0 aromatic carbocycles. The molecule has 0 aliphatic carbocycles. The summed E-state index contributed by atoms with van der Waals surface area (Å²) < 4.78 is 1.44. The van der Waals surface area contributed by atoms with Crippen molar-refractivity contribution in [2.45, 2.75) is 129 Å². The lowest BCUT2D eigenvalue weighted by Crippen LogP contribution is -3.00. The molecule has 0 atom stereocenters. The van der Waals surface area contributed by atoms with Crippen LogP contribution in [0.1, 0.15) is 129 Å². The molecule has 1 nitrogen and oxygen atoms in total. The maximum absolute atomic E-state index is 2.40. The van der Waals surface area contributed by atoms with Gasteiger partial charge in [-0.3, -0.25) is 0 Å². The second kappa shape index (κ2) is 18.8. The Morgan fingerprint density at radius 3 is 1.19 bits per heavy atom. The van der Waals surface area contributed by atoms with Crippen molar-refractivity contribution < 1.29 is 21.5 Å². The van der Waals surface area contributed by atoms with E-state index in [1.165, 1.54) is 146 Å². The van der Waals surface area contributed by atoms with Gasteiger partial charge in [0.2, 0.25) is 0 Å². The van der Waals surface area contributed by atoms with Crippen LogP contribution in [0.2, 0.25) is 0 Å². The molecule has 0 radical (unpaired) electrons. The topological polar surface area (TPSA) is 0 Å². The number of unbranched alkanes of at least 4 members (excludes halogenated alkanes) is 15. The van der Waals surface area contributed by atoms with E-state index in [1.807, 2.05) is 0 Å². The maximum atomic E-state index is 2.40. The zero-order valence-corrected chi connectivity index (χ0v) is 20.0. The summed E-state index contributed by atoms with van der Waals surface area (Å²) in [6.45, 7) is 10.5. The predicted octanol–water partition coefficient (Wildman–Crippen LogP) is 4.88. The van der Waals surface area contributed by atoms with E-state index in [1.54, 1.807) is 0 Å². The Bertz CT molecular complexity index is 273. The number of halogens is 1. The second-order valence-corrected chi connectivity index (χ2v) is 8.84. The molecule has 0 aromatic heterocycles. The van der Waals surface area contributed by atoms with Gasteiger partial charge in [-0.05, 0) is 19.8 Å². The third-order valence-corrected chi connectivity index (χ3v) is 6.67. The molecular weight excluding hydrogens is 382 g/mol. The van der Waals surface area contributed by atoms with Crippen molar-refractivity contribution in [1.82, 2.24) is 0 Å². The highest BCUT2D eigenvalue weighted by Gasteiger charge is 2.28. The number of nitrogens with zero attached hydrogens (tertiary/aromatic N) is 1. The van der Waals surface area contributed by atoms with Gasteiger partial charge in [-0.15, -0.1) is 0 Å². The minimum atomic E-state index is 0. The lowest BCUT2D eigenvalue weighted by molar-refractivity contribution is -0.915. The Morgan fingerprint density at radius 2 is 0.846 bits per heavy atom.